The summed E-state index contributed by atoms with van der Waals surface area (Å²) in [4.78, 5) is 0. The number of hydrogen-bond acceptors (Lipinski definition) is 2. The number of likely N-dealkylation sites (N-methyl/N-ethyl adjacent to an activating group) is 1. The summed E-state index contributed by atoms with van der Waals surface area (Å²) in [5.74, 6) is -1.09. The maximum atomic E-state index is 14.3. The summed E-state index contributed by atoms with van der Waals surface area (Å²) >= 11 is 6.21. The SMILES string of the molecule is CNC(Cc1c(Cl)c(C)nn1C)c1c(F)ccc(C)c1F. The lowest BCUT2D eigenvalue weighted by molar-refractivity contribution is 0.478. The van der Waals surface area contributed by atoms with Crippen molar-refractivity contribution in [3.63, 3.8) is 0 Å². The van der Waals surface area contributed by atoms with Crippen LogP contribution in [0.1, 0.15) is 28.6 Å². The first-order valence-electron chi connectivity index (χ1n) is 6.66. The van der Waals surface area contributed by atoms with E-state index in [4.69, 9.17) is 11.6 Å². The van der Waals surface area contributed by atoms with E-state index in [0.717, 1.165) is 5.69 Å². The van der Waals surface area contributed by atoms with Gasteiger partial charge in [-0.2, -0.15) is 5.10 Å². The number of benzene rings is 1. The predicted octanol–water partition coefficient (Wildman–Crippen LogP) is 3.47. The Hall–Kier alpha value is -1.46. The van der Waals surface area contributed by atoms with Crippen LogP contribution < -0.4 is 5.32 Å². The second kappa shape index (κ2) is 6.12. The Morgan fingerprint density at radius 1 is 1.33 bits per heavy atom. The summed E-state index contributed by atoms with van der Waals surface area (Å²) in [5, 5.41) is 7.72. The second-order valence-corrected chi connectivity index (χ2v) is 5.48. The Morgan fingerprint density at radius 3 is 2.52 bits per heavy atom. The predicted molar refractivity (Wildman–Crippen MR) is 79.6 cm³/mol. The molecule has 0 radical (unpaired) electrons. The third-order valence-electron chi connectivity index (χ3n) is 3.68. The molecule has 1 aromatic heterocycles. The summed E-state index contributed by atoms with van der Waals surface area (Å²) in [6.07, 6.45) is 0.351. The lowest BCUT2D eigenvalue weighted by atomic mass is 9.98. The van der Waals surface area contributed by atoms with Gasteiger partial charge in [0.15, 0.2) is 0 Å². The molecule has 21 heavy (non-hydrogen) atoms. The first-order chi connectivity index (χ1) is 9.86. The van der Waals surface area contributed by atoms with Crippen LogP contribution in [-0.2, 0) is 13.5 Å². The fraction of sp³-hybridized carbons (Fsp3) is 0.400. The van der Waals surface area contributed by atoms with E-state index >= 15 is 0 Å². The number of aromatic nitrogens is 2. The van der Waals surface area contributed by atoms with E-state index < -0.39 is 17.7 Å². The van der Waals surface area contributed by atoms with Crippen molar-refractivity contribution in [1.82, 2.24) is 15.1 Å². The van der Waals surface area contributed by atoms with E-state index in [-0.39, 0.29) is 5.56 Å². The van der Waals surface area contributed by atoms with E-state index in [1.807, 2.05) is 0 Å². The number of halogens is 3. The van der Waals surface area contributed by atoms with Gasteiger partial charge in [0.2, 0.25) is 0 Å². The van der Waals surface area contributed by atoms with E-state index in [1.165, 1.54) is 12.1 Å². The largest absolute Gasteiger partial charge is 0.312 e. The lowest BCUT2D eigenvalue weighted by Gasteiger charge is -2.19. The molecule has 0 bridgehead atoms. The minimum atomic E-state index is -0.563. The zero-order valence-electron chi connectivity index (χ0n) is 12.5. The molecule has 1 N–H and O–H groups in total. The highest BCUT2D eigenvalue weighted by molar-refractivity contribution is 6.31. The van der Waals surface area contributed by atoms with Crippen LogP contribution in [0.2, 0.25) is 5.02 Å². The highest BCUT2D eigenvalue weighted by Crippen LogP contribution is 2.29. The van der Waals surface area contributed by atoms with Crippen LogP contribution in [0, 0.1) is 25.5 Å². The molecule has 0 fully saturated rings. The van der Waals surface area contributed by atoms with Crippen molar-refractivity contribution in [3.05, 3.63) is 51.3 Å². The van der Waals surface area contributed by atoms with Crippen molar-refractivity contribution in [2.75, 3.05) is 7.05 Å². The number of nitrogens with one attached hydrogen (secondary N) is 1. The molecule has 0 saturated heterocycles. The Morgan fingerprint density at radius 2 is 2.00 bits per heavy atom. The van der Waals surface area contributed by atoms with Gasteiger partial charge in [0, 0.05) is 25.1 Å². The van der Waals surface area contributed by atoms with Gasteiger partial charge in [0.25, 0.3) is 0 Å². The average Bonchev–Trinajstić information content (AvgIpc) is 2.68. The molecule has 2 rings (SSSR count). The summed E-state index contributed by atoms with van der Waals surface area (Å²) in [5.41, 5.74) is 1.90. The molecule has 0 spiro atoms. The minimum absolute atomic E-state index is 0.0346. The van der Waals surface area contributed by atoms with Gasteiger partial charge in [0.1, 0.15) is 11.6 Å². The van der Waals surface area contributed by atoms with Crippen molar-refractivity contribution in [2.45, 2.75) is 26.3 Å². The molecule has 2 aromatic rings. The Balaban J connectivity index is 2.44. The standard InChI is InChI=1S/C15H18ClF2N3/c1-8-5-6-10(17)13(15(8)18)11(19-3)7-12-14(16)9(2)20-21(12)4/h5-6,11,19H,7H2,1-4H3. The van der Waals surface area contributed by atoms with Gasteiger partial charge in [-0.15, -0.1) is 0 Å². The molecular formula is C15H18ClF2N3. The second-order valence-electron chi connectivity index (χ2n) is 5.11. The Kier molecular flexibility index (Phi) is 4.64. The van der Waals surface area contributed by atoms with Crippen molar-refractivity contribution in [3.8, 4) is 0 Å². The normalized spacial score (nSPS) is 12.7. The van der Waals surface area contributed by atoms with E-state index in [2.05, 4.69) is 10.4 Å². The Bertz CT molecular complexity index is 667. The van der Waals surface area contributed by atoms with Crippen molar-refractivity contribution >= 4 is 11.6 Å². The molecule has 0 aliphatic carbocycles. The monoisotopic (exact) mass is 313 g/mol. The number of aryl methyl sites for hydroxylation is 3. The number of hydrogen-bond donors (Lipinski definition) is 1. The Labute approximate surface area is 127 Å². The van der Waals surface area contributed by atoms with Gasteiger partial charge in [0.05, 0.1) is 16.4 Å². The molecule has 0 aliphatic heterocycles. The molecule has 1 aromatic carbocycles. The number of nitrogens with zero attached hydrogens (tertiary/aromatic N) is 2. The zero-order valence-corrected chi connectivity index (χ0v) is 13.2. The molecular weight excluding hydrogens is 296 g/mol. The third kappa shape index (κ3) is 2.94. The molecule has 114 valence electrons. The number of rotatable bonds is 4. The molecule has 0 aliphatic rings. The first kappa shape index (κ1) is 15.9. The highest BCUT2D eigenvalue weighted by Gasteiger charge is 2.23. The summed E-state index contributed by atoms with van der Waals surface area (Å²) in [6.45, 7) is 3.42. The van der Waals surface area contributed by atoms with Crippen LogP contribution >= 0.6 is 11.6 Å². The molecule has 1 atom stereocenters. The maximum Gasteiger partial charge on any atom is 0.133 e. The average molecular weight is 314 g/mol. The topological polar surface area (TPSA) is 29.9 Å². The quantitative estimate of drug-likeness (QED) is 0.936. The van der Waals surface area contributed by atoms with Gasteiger partial charge in [-0.3, -0.25) is 4.68 Å². The summed E-state index contributed by atoms with van der Waals surface area (Å²) in [6, 6.07) is 2.20. The van der Waals surface area contributed by atoms with Crippen LogP contribution in [0.3, 0.4) is 0 Å². The fourth-order valence-corrected chi connectivity index (χ4v) is 2.68. The first-order valence-corrected chi connectivity index (χ1v) is 7.04. The summed E-state index contributed by atoms with van der Waals surface area (Å²) in [7, 11) is 3.44. The van der Waals surface area contributed by atoms with Crippen LogP contribution in [-0.4, -0.2) is 16.8 Å². The molecule has 3 nitrogen and oxygen atoms in total. The van der Waals surface area contributed by atoms with Gasteiger partial charge in [-0.25, -0.2) is 8.78 Å². The third-order valence-corrected chi connectivity index (χ3v) is 4.17. The molecule has 1 heterocycles. The smallest absolute Gasteiger partial charge is 0.133 e. The van der Waals surface area contributed by atoms with Gasteiger partial charge in [-0.05, 0) is 32.5 Å². The fourth-order valence-electron chi connectivity index (χ4n) is 2.44. The zero-order chi connectivity index (χ0) is 15.7. The van der Waals surface area contributed by atoms with Gasteiger partial charge in [-0.1, -0.05) is 17.7 Å². The van der Waals surface area contributed by atoms with Crippen LogP contribution in [0.25, 0.3) is 0 Å². The molecule has 0 saturated carbocycles. The van der Waals surface area contributed by atoms with Crippen molar-refractivity contribution in [1.29, 1.82) is 0 Å². The molecule has 0 amide bonds. The maximum absolute atomic E-state index is 14.3. The van der Waals surface area contributed by atoms with Crippen molar-refractivity contribution < 1.29 is 8.78 Å². The minimum Gasteiger partial charge on any atom is -0.312 e. The van der Waals surface area contributed by atoms with Gasteiger partial charge >= 0.3 is 0 Å². The van der Waals surface area contributed by atoms with Crippen LogP contribution in [0.4, 0.5) is 8.78 Å². The van der Waals surface area contributed by atoms with Crippen LogP contribution in [0.15, 0.2) is 12.1 Å². The van der Waals surface area contributed by atoms with E-state index in [0.29, 0.717) is 22.7 Å². The van der Waals surface area contributed by atoms with E-state index in [1.54, 1.807) is 32.6 Å². The summed E-state index contributed by atoms with van der Waals surface area (Å²) < 4.78 is 30.0. The molecule has 6 heteroatoms. The van der Waals surface area contributed by atoms with E-state index in [9.17, 15) is 8.78 Å². The van der Waals surface area contributed by atoms with Crippen molar-refractivity contribution in [2.24, 2.45) is 7.05 Å². The molecule has 1 unspecified atom stereocenters. The van der Waals surface area contributed by atoms with Crippen LogP contribution in [0.5, 0.6) is 0 Å². The highest BCUT2D eigenvalue weighted by atomic mass is 35.5. The van der Waals surface area contributed by atoms with Gasteiger partial charge < -0.3 is 5.32 Å². The lowest BCUT2D eigenvalue weighted by Crippen LogP contribution is -2.23.